The van der Waals surface area contributed by atoms with E-state index in [-0.39, 0.29) is 0 Å². The van der Waals surface area contributed by atoms with Crippen LogP contribution in [0.15, 0.2) is 36.9 Å². The molecule has 0 saturated carbocycles. The first-order chi connectivity index (χ1) is 18.4. The van der Waals surface area contributed by atoms with E-state index in [2.05, 4.69) is 30.3 Å². The minimum absolute atomic E-state index is 0.541. The zero-order chi connectivity index (χ0) is 27.1. The molecule has 5 rings (SSSR count). The minimum Gasteiger partial charge on any atom is -0.383 e. The average Bonchev–Trinajstić information content (AvgIpc) is 3.56. The zero-order valence-electron chi connectivity index (χ0n) is 22.6. The van der Waals surface area contributed by atoms with Crippen LogP contribution in [-0.2, 0) is 29.2 Å². The van der Waals surface area contributed by atoms with Gasteiger partial charge in [-0.05, 0) is 73.4 Å². The summed E-state index contributed by atoms with van der Waals surface area (Å²) in [5.41, 5.74) is 12.4. The number of nitrogens with one attached hydrogen (secondary N) is 1. The molecule has 1 saturated heterocycles. The van der Waals surface area contributed by atoms with Crippen LogP contribution in [0.4, 0.5) is 11.8 Å². The van der Waals surface area contributed by atoms with Crippen LogP contribution in [-0.4, -0.2) is 51.3 Å². The highest BCUT2D eigenvalue weighted by Gasteiger charge is 2.14. The Morgan fingerprint density at radius 1 is 1.08 bits per heavy atom. The first-order valence-electron chi connectivity index (χ1n) is 12.8. The number of nitrogens with two attached hydrogens (primary N) is 1. The highest BCUT2D eigenvalue weighted by molar-refractivity contribution is 5.94. The summed E-state index contributed by atoms with van der Waals surface area (Å²) >= 11 is 0. The fourth-order valence-corrected chi connectivity index (χ4v) is 4.76. The van der Waals surface area contributed by atoms with E-state index in [1.807, 2.05) is 56.2 Å². The van der Waals surface area contributed by atoms with Crippen LogP contribution in [0.25, 0.3) is 10.8 Å². The SMILES string of the molecule is COCc1nn(Cc2cnc(N3CCCC3)nc2)cc1C.Cc1cc2c(N)nccc2c(C)c1CNC=O. The number of anilines is 2. The Hall–Kier alpha value is -4.05. The van der Waals surface area contributed by atoms with Crippen LogP contribution < -0.4 is 16.0 Å². The highest BCUT2D eigenvalue weighted by Crippen LogP contribution is 2.27. The van der Waals surface area contributed by atoms with Crippen LogP contribution in [0.3, 0.4) is 0 Å². The van der Waals surface area contributed by atoms with E-state index in [0.717, 1.165) is 63.3 Å². The summed E-state index contributed by atoms with van der Waals surface area (Å²) in [5, 5.41) is 9.28. The Morgan fingerprint density at radius 2 is 1.82 bits per heavy atom. The maximum absolute atomic E-state index is 10.4. The lowest BCUT2D eigenvalue weighted by Gasteiger charge is -2.14. The molecule has 1 amide bonds. The summed E-state index contributed by atoms with van der Waals surface area (Å²) in [5.74, 6) is 1.39. The van der Waals surface area contributed by atoms with Gasteiger partial charge in [-0.1, -0.05) is 0 Å². The van der Waals surface area contributed by atoms with Crippen LogP contribution in [0.5, 0.6) is 0 Å². The van der Waals surface area contributed by atoms with E-state index in [1.165, 1.54) is 12.8 Å². The molecule has 4 heterocycles. The van der Waals surface area contributed by atoms with Gasteiger partial charge in [0.15, 0.2) is 0 Å². The van der Waals surface area contributed by atoms with Crippen molar-refractivity contribution in [1.82, 2.24) is 30.0 Å². The lowest BCUT2D eigenvalue weighted by Crippen LogP contribution is -2.20. The van der Waals surface area contributed by atoms with E-state index < -0.39 is 0 Å². The van der Waals surface area contributed by atoms with Gasteiger partial charge in [0, 0.05) is 62.5 Å². The van der Waals surface area contributed by atoms with Crippen molar-refractivity contribution in [2.75, 3.05) is 30.8 Å². The lowest BCUT2D eigenvalue weighted by molar-refractivity contribution is -0.109. The highest BCUT2D eigenvalue weighted by atomic mass is 16.5. The summed E-state index contributed by atoms with van der Waals surface area (Å²) in [6.45, 7) is 10.0. The number of nitrogen functional groups attached to an aromatic ring is 1. The first-order valence-corrected chi connectivity index (χ1v) is 12.8. The topological polar surface area (TPSA) is 124 Å². The van der Waals surface area contributed by atoms with E-state index in [9.17, 15) is 4.79 Å². The summed E-state index contributed by atoms with van der Waals surface area (Å²) in [6, 6.07) is 3.97. The van der Waals surface area contributed by atoms with Crippen molar-refractivity contribution < 1.29 is 9.53 Å². The quantitative estimate of drug-likeness (QED) is 0.341. The second kappa shape index (κ2) is 12.5. The van der Waals surface area contributed by atoms with Crippen molar-refractivity contribution in [1.29, 1.82) is 0 Å². The molecule has 0 atom stereocenters. The van der Waals surface area contributed by atoms with Gasteiger partial charge >= 0.3 is 0 Å². The molecule has 10 heteroatoms. The third kappa shape index (κ3) is 6.25. The summed E-state index contributed by atoms with van der Waals surface area (Å²) < 4.78 is 7.05. The number of hydrogen-bond acceptors (Lipinski definition) is 8. The largest absolute Gasteiger partial charge is 0.383 e. The van der Waals surface area contributed by atoms with Gasteiger partial charge < -0.3 is 20.7 Å². The second-order valence-electron chi connectivity index (χ2n) is 9.56. The van der Waals surface area contributed by atoms with Gasteiger partial charge in [-0.25, -0.2) is 15.0 Å². The van der Waals surface area contributed by atoms with Gasteiger partial charge in [-0.2, -0.15) is 5.10 Å². The molecule has 38 heavy (non-hydrogen) atoms. The Balaban J connectivity index is 0.000000181. The number of nitrogens with zero attached hydrogens (tertiary/aromatic N) is 6. The number of hydrogen-bond donors (Lipinski definition) is 2. The normalized spacial score (nSPS) is 12.9. The molecule has 0 aliphatic carbocycles. The average molecular weight is 517 g/mol. The molecule has 3 aromatic heterocycles. The van der Waals surface area contributed by atoms with Crippen LogP contribution in [0.1, 0.15) is 46.4 Å². The molecule has 1 fully saturated rings. The molecule has 0 radical (unpaired) electrons. The van der Waals surface area contributed by atoms with Crippen molar-refractivity contribution >= 4 is 28.9 Å². The summed E-state index contributed by atoms with van der Waals surface area (Å²) in [6.07, 6.45) is 10.7. The fourth-order valence-electron chi connectivity index (χ4n) is 4.76. The Bertz CT molecular complexity index is 1380. The number of benzene rings is 1. The monoisotopic (exact) mass is 516 g/mol. The summed E-state index contributed by atoms with van der Waals surface area (Å²) in [7, 11) is 1.68. The lowest BCUT2D eigenvalue weighted by atomic mass is 9.96. The standard InChI is InChI=1S/C15H21N5O.C13H15N3O/c1-12-9-20(18-14(12)11-21-2)10-13-7-16-15(17-8-13)19-5-3-4-6-19;1-8-5-11-10(3-4-16-13(11)14)9(2)12(8)6-15-7-17/h7-9H,3-6,10-11H2,1-2H3;3-5,7H,6H2,1-2H3,(H2,14,16)(H,15,17). The van der Waals surface area contributed by atoms with Gasteiger partial charge in [0.2, 0.25) is 12.4 Å². The van der Waals surface area contributed by atoms with Crippen molar-refractivity contribution in [3.05, 3.63) is 70.4 Å². The number of carbonyl (C=O) groups excluding carboxylic acids is 1. The van der Waals surface area contributed by atoms with Crippen LogP contribution in [0, 0.1) is 20.8 Å². The number of fused-ring (bicyclic) bond motifs is 1. The molecular weight excluding hydrogens is 480 g/mol. The zero-order valence-corrected chi connectivity index (χ0v) is 22.6. The molecule has 3 N–H and O–H groups in total. The molecule has 1 aliphatic rings. The van der Waals surface area contributed by atoms with Gasteiger partial charge in [-0.15, -0.1) is 0 Å². The maximum atomic E-state index is 10.4. The molecule has 1 aromatic carbocycles. The predicted octanol–water partition coefficient (Wildman–Crippen LogP) is 3.46. The number of rotatable bonds is 8. The third-order valence-corrected chi connectivity index (χ3v) is 6.83. The number of carbonyl (C=O) groups is 1. The molecule has 0 spiro atoms. The Labute approximate surface area is 223 Å². The molecule has 4 aromatic rings. The number of aryl methyl sites for hydroxylation is 3. The minimum atomic E-state index is 0.541. The molecule has 0 bridgehead atoms. The van der Waals surface area contributed by atoms with E-state index in [1.54, 1.807) is 13.3 Å². The smallest absolute Gasteiger partial charge is 0.225 e. The maximum Gasteiger partial charge on any atom is 0.225 e. The second-order valence-corrected chi connectivity index (χ2v) is 9.56. The van der Waals surface area contributed by atoms with Crippen molar-refractivity contribution in [2.24, 2.45) is 0 Å². The third-order valence-electron chi connectivity index (χ3n) is 6.83. The number of aromatic nitrogens is 5. The van der Waals surface area contributed by atoms with Crippen LogP contribution in [0.2, 0.25) is 0 Å². The number of methoxy groups -OCH3 is 1. The molecular formula is C28H36N8O2. The van der Waals surface area contributed by atoms with Crippen molar-refractivity contribution in [2.45, 2.75) is 53.3 Å². The van der Waals surface area contributed by atoms with Gasteiger partial charge in [0.1, 0.15) is 5.82 Å². The Morgan fingerprint density at radius 3 is 2.50 bits per heavy atom. The van der Waals surface area contributed by atoms with E-state index in [4.69, 9.17) is 10.5 Å². The van der Waals surface area contributed by atoms with E-state index >= 15 is 0 Å². The molecule has 0 unspecified atom stereocenters. The van der Waals surface area contributed by atoms with Crippen molar-refractivity contribution in [3.63, 3.8) is 0 Å². The predicted molar refractivity (Wildman–Crippen MR) is 149 cm³/mol. The fraction of sp³-hybridized carbons (Fsp3) is 0.393. The van der Waals surface area contributed by atoms with Crippen LogP contribution >= 0.6 is 0 Å². The van der Waals surface area contributed by atoms with Gasteiger partial charge in [-0.3, -0.25) is 9.48 Å². The van der Waals surface area contributed by atoms with Crippen molar-refractivity contribution in [3.8, 4) is 0 Å². The molecule has 10 nitrogen and oxygen atoms in total. The number of ether oxygens (including phenoxy) is 1. The van der Waals surface area contributed by atoms with Gasteiger partial charge in [0.05, 0.1) is 18.8 Å². The molecule has 1 aliphatic heterocycles. The van der Waals surface area contributed by atoms with E-state index in [0.29, 0.717) is 31.9 Å². The first kappa shape index (κ1) is 27.0. The van der Waals surface area contributed by atoms with Gasteiger partial charge in [0.25, 0.3) is 0 Å². The number of amides is 1. The number of pyridine rings is 1. The summed E-state index contributed by atoms with van der Waals surface area (Å²) in [4.78, 5) is 25.6. The Kier molecular flexibility index (Phi) is 8.85. The molecule has 200 valence electrons.